The zero-order chi connectivity index (χ0) is 15.5. The van der Waals surface area contributed by atoms with Crippen LogP contribution in [0.4, 0.5) is 11.4 Å². The highest BCUT2D eigenvalue weighted by Crippen LogP contribution is 2.43. The molecule has 4 nitrogen and oxygen atoms in total. The van der Waals surface area contributed by atoms with Crippen molar-refractivity contribution >= 4 is 11.4 Å². The Balaban J connectivity index is 2.12. The minimum atomic E-state index is -0.293. The van der Waals surface area contributed by atoms with Crippen LogP contribution >= 0.6 is 0 Å². The third kappa shape index (κ3) is 3.96. The second kappa shape index (κ2) is 6.46. The topological polar surface area (TPSA) is 55.2 Å². The van der Waals surface area contributed by atoms with Crippen LogP contribution in [0.3, 0.4) is 0 Å². The van der Waals surface area contributed by atoms with Gasteiger partial charge in [-0.15, -0.1) is 0 Å². The zero-order valence-corrected chi connectivity index (χ0v) is 13.3. The molecule has 21 heavy (non-hydrogen) atoms. The summed E-state index contributed by atoms with van der Waals surface area (Å²) >= 11 is 0. The van der Waals surface area contributed by atoms with Crippen molar-refractivity contribution in [3.63, 3.8) is 0 Å². The molecule has 0 bridgehead atoms. The fourth-order valence-corrected chi connectivity index (χ4v) is 3.67. The number of nitrogens with one attached hydrogen (secondary N) is 1. The molecule has 1 N–H and O–H groups in total. The Morgan fingerprint density at radius 1 is 1.33 bits per heavy atom. The molecule has 1 aliphatic rings. The number of benzene rings is 1. The van der Waals surface area contributed by atoms with Crippen LogP contribution in [-0.4, -0.2) is 11.5 Å². The first kappa shape index (κ1) is 15.8. The second-order valence-electron chi connectivity index (χ2n) is 6.94. The van der Waals surface area contributed by atoms with Gasteiger partial charge in [0, 0.05) is 12.6 Å². The van der Waals surface area contributed by atoms with E-state index in [0.29, 0.717) is 17.0 Å². The molecule has 0 amide bonds. The minimum Gasteiger partial charge on any atom is -0.379 e. The average Bonchev–Trinajstić information content (AvgIpc) is 2.85. The van der Waals surface area contributed by atoms with E-state index in [0.717, 1.165) is 12.1 Å². The smallest absolute Gasteiger partial charge is 0.292 e. The van der Waals surface area contributed by atoms with Crippen molar-refractivity contribution < 1.29 is 4.92 Å². The Bertz CT molecular complexity index is 506. The van der Waals surface area contributed by atoms with Crippen molar-refractivity contribution in [1.82, 2.24) is 0 Å². The quantitative estimate of drug-likeness (QED) is 0.597. The standard InChI is InChI=1S/C17H26N2O2/c1-13(2)11-17(8-4-5-9-17)12-18-15-7-6-14(3)10-16(15)19(20)21/h6-7,10,13,18H,4-5,8-9,11-12H2,1-3H3. The number of aryl methyl sites for hydroxylation is 1. The van der Waals surface area contributed by atoms with Gasteiger partial charge in [0.2, 0.25) is 0 Å². The number of nitrogens with zero attached hydrogens (tertiary/aromatic N) is 1. The van der Waals surface area contributed by atoms with Gasteiger partial charge in [0.1, 0.15) is 5.69 Å². The number of anilines is 1. The maximum Gasteiger partial charge on any atom is 0.292 e. The Kier molecular flexibility index (Phi) is 4.86. The number of nitro benzene ring substituents is 1. The van der Waals surface area contributed by atoms with Gasteiger partial charge in [0.15, 0.2) is 0 Å². The fourth-order valence-electron chi connectivity index (χ4n) is 3.67. The van der Waals surface area contributed by atoms with Crippen LogP contribution in [0.2, 0.25) is 0 Å². The molecular weight excluding hydrogens is 264 g/mol. The number of nitro groups is 1. The molecule has 0 spiro atoms. The first-order chi connectivity index (χ1) is 9.92. The number of hydrogen-bond donors (Lipinski definition) is 1. The highest BCUT2D eigenvalue weighted by atomic mass is 16.6. The van der Waals surface area contributed by atoms with Crippen molar-refractivity contribution in [2.24, 2.45) is 11.3 Å². The summed E-state index contributed by atoms with van der Waals surface area (Å²) in [6.07, 6.45) is 6.23. The van der Waals surface area contributed by atoms with Crippen LogP contribution in [0.1, 0.15) is 51.5 Å². The van der Waals surface area contributed by atoms with Gasteiger partial charge in [0.05, 0.1) is 4.92 Å². The molecule has 0 radical (unpaired) electrons. The van der Waals surface area contributed by atoms with Crippen LogP contribution < -0.4 is 5.32 Å². The van der Waals surface area contributed by atoms with Crippen LogP contribution in [0.15, 0.2) is 18.2 Å². The summed E-state index contributed by atoms with van der Waals surface area (Å²) in [6, 6.07) is 5.41. The highest BCUT2D eigenvalue weighted by molar-refractivity contribution is 5.62. The van der Waals surface area contributed by atoms with E-state index in [1.807, 2.05) is 19.1 Å². The van der Waals surface area contributed by atoms with Crippen molar-refractivity contribution in [1.29, 1.82) is 0 Å². The molecule has 0 saturated heterocycles. The molecule has 1 fully saturated rings. The predicted octanol–water partition coefficient (Wildman–Crippen LogP) is 4.92. The summed E-state index contributed by atoms with van der Waals surface area (Å²) in [5.41, 5.74) is 2.07. The maximum atomic E-state index is 11.2. The van der Waals surface area contributed by atoms with Gasteiger partial charge in [0.25, 0.3) is 5.69 Å². The monoisotopic (exact) mass is 290 g/mol. The summed E-state index contributed by atoms with van der Waals surface area (Å²) in [4.78, 5) is 10.9. The molecule has 1 saturated carbocycles. The Labute approximate surface area is 127 Å². The third-order valence-electron chi connectivity index (χ3n) is 4.51. The summed E-state index contributed by atoms with van der Waals surface area (Å²) < 4.78 is 0. The van der Waals surface area contributed by atoms with Gasteiger partial charge < -0.3 is 5.32 Å². The lowest BCUT2D eigenvalue weighted by atomic mass is 9.78. The van der Waals surface area contributed by atoms with E-state index in [1.165, 1.54) is 32.1 Å². The van der Waals surface area contributed by atoms with Crippen molar-refractivity contribution in [2.45, 2.75) is 52.9 Å². The van der Waals surface area contributed by atoms with Crippen LogP contribution in [0, 0.1) is 28.4 Å². The van der Waals surface area contributed by atoms with Gasteiger partial charge in [-0.05, 0) is 49.1 Å². The molecular formula is C17H26N2O2. The summed E-state index contributed by atoms with van der Waals surface area (Å²) in [5, 5.41) is 14.6. The zero-order valence-electron chi connectivity index (χ0n) is 13.3. The summed E-state index contributed by atoms with van der Waals surface area (Å²) in [6.45, 7) is 7.24. The van der Waals surface area contributed by atoms with Gasteiger partial charge in [-0.1, -0.05) is 32.8 Å². The average molecular weight is 290 g/mol. The number of hydrogen-bond acceptors (Lipinski definition) is 3. The minimum absolute atomic E-state index is 0.188. The third-order valence-corrected chi connectivity index (χ3v) is 4.51. The van der Waals surface area contributed by atoms with E-state index in [2.05, 4.69) is 19.2 Å². The number of rotatable bonds is 6. The van der Waals surface area contributed by atoms with Gasteiger partial charge >= 0.3 is 0 Å². The second-order valence-corrected chi connectivity index (χ2v) is 6.94. The summed E-state index contributed by atoms with van der Waals surface area (Å²) in [5.74, 6) is 0.665. The van der Waals surface area contributed by atoms with Gasteiger partial charge in [-0.2, -0.15) is 0 Å². The Hall–Kier alpha value is -1.58. The lowest BCUT2D eigenvalue weighted by Crippen LogP contribution is -2.28. The first-order valence-corrected chi connectivity index (χ1v) is 7.91. The largest absolute Gasteiger partial charge is 0.379 e. The van der Waals surface area contributed by atoms with E-state index in [-0.39, 0.29) is 10.6 Å². The molecule has 116 valence electrons. The lowest BCUT2D eigenvalue weighted by Gasteiger charge is -2.31. The molecule has 0 aromatic heterocycles. The molecule has 1 aliphatic carbocycles. The molecule has 2 rings (SSSR count). The van der Waals surface area contributed by atoms with Crippen LogP contribution in [0.25, 0.3) is 0 Å². The molecule has 0 heterocycles. The molecule has 0 unspecified atom stereocenters. The van der Waals surface area contributed by atoms with E-state index in [1.54, 1.807) is 6.07 Å². The molecule has 0 aliphatic heterocycles. The Morgan fingerprint density at radius 3 is 2.57 bits per heavy atom. The van der Waals surface area contributed by atoms with E-state index >= 15 is 0 Å². The summed E-state index contributed by atoms with van der Waals surface area (Å²) in [7, 11) is 0. The SMILES string of the molecule is Cc1ccc(NCC2(CC(C)C)CCCC2)c([N+](=O)[O-])c1. The van der Waals surface area contributed by atoms with Gasteiger partial charge in [-0.3, -0.25) is 10.1 Å². The van der Waals surface area contributed by atoms with Gasteiger partial charge in [-0.25, -0.2) is 0 Å². The van der Waals surface area contributed by atoms with Crippen molar-refractivity contribution in [2.75, 3.05) is 11.9 Å². The molecule has 4 heteroatoms. The van der Waals surface area contributed by atoms with Crippen molar-refractivity contribution in [3.05, 3.63) is 33.9 Å². The molecule has 0 atom stereocenters. The van der Waals surface area contributed by atoms with E-state index in [9.17, 15) is 10.1 Å². The van der Waals surface area contributed by atoms with E-state index < -0.39 is 0 Å². The fraction of sp³-hybridized carbons (Fsp3) is 0.647. The predicted molar refractivity (Wildman–Crippen MR) is 86.7 cm³/mol. The Morgan fingerprint density at radius 2 is 2.00 bits per heavy atom. The lowest BCUT2D eigenvalue weighted by molar-refractivity contribution is -0.384. The molecule has 1 aromatic carbocycles. The first-order valence-electron chi connectivity index (χ1n) is 7.91. The van der Waals surface area contributed by atoms with Crippen LogP contribution in [-0.2, 0) is 0 Å². The van der Waals surface area contributed by atoms with E-state index in [4.69, 9.17) is 0 Å². The molecule has 1 aromatic rings. The van der Waals surface area contributed by atoms with Crippen LogP contribution in [0.5, 0.6) is 0 Å². The van der Waals surface area contributed by atoms with Crippen molar-refractivity contribution in [3.8, 4) is 0 Å². The highest BCUT2D eigenvalue weighted by Gasteiger charge is 2.34. The maximum absolute atomic E-state index is 11.2. The normalized spacial score (nSPS) is 17.1.